The van der Waals surface area contributed by atoms with E-state index in [0.717, 1.165) is 35.4 Å². The lowest BCUT2D eigenvalue weighted by Crippen LogP contribution is -2.52. The van der Waals surface area contributed by atoms with Gasteiger partial charge in [0, 0.05) is 78.5 Å². The summed E-state index contributed by atoms with van der Waals surface area (Å²) in [4.78, 5) is 32.6. The van der Waals surface area contributed by atoms with Crippen LogP contribution in [0.4, 0.5) is 35.9 Å². The molecule has 2 aromatic carbocycles. The van der Waals surface area contributed by atoms with Crippen molar-refractivity contribution in [2.24, 2.45) is 0 Å². The molecule has 0 atom stereocenters. The first kappa shape index (κ1) is 32.4. The molecule has 2 aliphatic heterocycles. The molecule has 0 radical (unpaired) electrons. The first-order valence-corrected chi connectivity index (χ1v) is 14.2. The van der Waals surface area contributed by atoms with E-state index in [4.69, 9.17) is 0 Å². The van der Waals surface area contributed by atoms with E-state index in [9.17, 15) is 35.9 Å². The minimum absolute atomic E-state index is 0.190. The summed E-state index contributed by atoms with van der Waals surface area (Å²) in [6.07, 6.45) is -8.16. The van der Waals surface area contributed by atoms with Gasteiger partial charge in [-0.25, -0.2) is 9.59 Å². The highest BCUT2D eigenvalue weighted by Crippen LogP contribution is 2.30. The Balaban J connectivity index is 1.05. The lowest BCUT2D eigenvalue weighted by Gasteiger charge is -2.35. The van der Waals surface area contributed by atoms with E-state index in [1.165, 1.54) is 24.3 Å². The summed E-state index contributed by atoms with van der Waals surface area (Å²) < 4.78 is 76.5. The second-order valence-electron chi connectivity index (χ2n) is 10.7. The van der Waals surface area contributed by atoms with Crippen molar-refractivity contribution in [1.29, 1.82) is 0 Å². The Bertz CT molecular complexity index is 1100. The lowest BCUT2D eigenvalue weighted by atomic mass is 10.1. The lowest BCUT2D eigenvalue weighted by molar-refractivity contribution is -0.138. The molecule has 2 heterocycles. The molecule has 4 rings (SSSR count). The average Bonchev–Trinajstić information content (AvgIpc) is 2.97. The standard InChI is InChI=1S/C29H36F6N6O2/c30-28(31,32)24-6-2-22(3-7-24)20-38-12-16-40(17-13-38)26(42)36-10-1-11-37-27(43)41-18-14-39(15-19-41)21-23-4-8-25(9-5-23)29(33,34)35/h2-9H,1,10-21H2,(H,36,42)(H,37,43). The number of nitrogens with zero attached hydrogens (tertiary/aromatic N) is 4. The van der Waals surface area contributed by atoms with Crippen LogP contribution in [0.5, 0.6) is 0 Å². The zero-order valence-electron chi connectivity index (χ0n) is 23.7. The zero-order valence-corrected chi connectivity index (χ0v) is 23.7. The Hall–Kier alpha value is -3.52. The third kappa shape index (κ3) is 9.75. The number of halogens is 6. The Morgan fingerprint density at radius 3 is 1.19 bits per heavy atom. The van der Waals surface area contributed by atoms with E-state index in [2.05, 4.69) is 20.4 Å². The van der Waals surface area contributed by atoms with Crippen LogP contribution in [0.15, 0.2) is 48.5 Å². The van der Waals surface area contributed by atoms with Crippen molar-refractivity contribution in [1.82, 2.24) is 30.2 Å². The fourth-order valence-corrected chi connectivity index (χ4v) is 5.04. The minimum atomic E-state index is -4.36. The third-order valence-corrected chi connectivity index (χ3v) is 7.60. The summed E-state index contributed by atoms with van der Waals surface area (Å²) in [5.74, 6) is 0. The topological polar surface area (TPSA) is 71.2 Å². The molecule has 4 amide bonds. The van der Waals surface area contributed by atoms with Crippen LogP contribution in [0.3, 0.4) is 0 Å². The number of rotatable bonds is 8. The molecule has 2 aromatic rings. The Morgan fingerprint density at radius 2 is 0.884 bits per heavy atom. The number of piperazine rings is 2. The van der Waals surface area contributed by atoms with E-state index in [0.29, 0.717) is 85.0 Å². The van der Waals surface area contributed by atoms with Crippen LogP contribution in [0, 0.1) is 0 Å². The van der Waals surface area contributed by atoms with E-state index >= 15 is 0 Å². The van der Waals surface area contributed by atoms with E-state index < -0.39 is 23.5 Å². The minimum Gasteiger partial charge on any atom is -0.338 e. The van der Waals surface area contributed by atoms with E-state index in [1.807, 2.05) is 0 Å². The molecule has 8 nitrogen and oxygen atoms in total. The number of hydrogen-bond donors (Lipinski definition) is 2. The number of benzene rings is 2. The van der Waals surface area contributed by atoms with Gasteiger partial charge in [-0.15, -0.1) is 0 Å². The molecule has 14 heteroatoms. The maximum Gasteiger partial charge on any atom is 0.416 e. The Morgan fingerprint density at radius 1 is 0.558 bits per heavy atom. The quantitative estimate of drug-likeness (QED) is 0.340. The van der Waals surface area contributed by atoms with Gasteiger partial charge in [0.05, 0.1) is 11.1 Å². The van der Waals surface area contributed by atoms with Gasteiger partial charge in [0.25, 0.3) is 0 Å². The summed E-state index contributed by atoms with van der Waals surface area (Å²) in [7, 11) is 0. The third-order valence-electron chi connectivity index (χ3n) is 7.60. The second kappa shape index (κ2) is 14.3. The molecule has 0 aromatic heterocycles. The molecule has 0 saturated carbocycles. The molecular weight excluding hydrogens is 578 g/mol. The number of nitrogens with one attached hydrogen (secondary N) is 2. The van der Waals surface area contributed by atoms with Crippen molar-refractivity contribution in [2.75, 3.05) is 65.4 Å². The molecule has 0 spiro atoms. The van der Waals surface area contributed by atoms with Gasteiger partial charge in [0.1, 0.15) is 0 Å². The van der Waals surface area contributed by atoms with Crippen molar-refractivity contribution in [3.63, 3.8) is 0 Å². The van der Waals surface area contributed by atoms with Crippen LogP contribution in [-0.4, -0.2) is 97.1 Å². The van der Waals surface area contributed by atoms with Crippen molar-refractivity contribution in [3.8, 4) is 0 Å². The molecule has 0 unspecified atom stereocenters. The highest BCUT2D eigenvalue weighted by molar-refractivity contribution is 5.75. The second-order valence-corrected chi connectivity index (χ2v) is 10.7. The molecule has 2 aliphatic rings. The molecule has 0 aliphatic carbocycles. The molecule has 236 valence electrons. The monoisotopic (exact) mass is 614 g/mol. The highest BCUT2D eigenvalue weighted by Gasteiger charge is 2.31. The zero-order chi connectivity index (χ0) is 31.0. The number of carbonyl (C=O) groups excluding carboxylic acids is 2. The molecule has 2 N–H and O–H groups in total. The van der Waals surface area contributed by atoms with Gasteiger partial charge in [-0.3, -0.25) is 9.80 Å². The summed E-state index contributed by atoms with van der Waals surface area (Å²) >= 11 is 0. The first-order valence-electron chi connectivity index (χ1n) is 14.2. The predicted octanol–water partition coefficient (Wildman–Crippen LogP) is 4.47. The molecule has 43 heavy (non-hydrogen) atoms. The van der Waals surface area contributed by atoms with Gasteiger partial charge < -0.3 is 20.4 Å². The summed E-state index contributed by atoms with van der Waals surface area (Å²) in [5.41, 5.74) is 0.224. The largest absolute Gasteiger partial charge is 0.416 e. The van der Waals surface area contributed by atoms with Crippen LogP contribution < -0.4 is 10.6 Å². The van der Waals surface area contributed by atoms with E-state index in [-0.39, 0.29) is 12.1 Å². The van der Waals surface area contributed by atoms with Gasteiger partial charge in [-0.2, -0.15) is 26.3 Å². The number of urea groups is 2. The normalized spacial score (nSPS) is 17.2. The smallest absolute Gasteiger partial charge is 0.338 e. The van der Waals surface area contributed by atoms with Gasteiger partial charge in [-0.1, -0.05) is 24.3 Å². The van der Waals surface area contributed by atoms with Crippen LogP contribution in [-0.2, 0) is 25.4 Å². The fraction of sp³-hybridized carbons (Fsp3) is 0.517. The number of alkyl halides is 6. The van der Waals surface area contributed by atoms with Crippen molar-refractivity contribution in [3.05, 3.63) is 70.8 Å². The molecule has 2 fully saturated rings. The number of carbonyl (C=O) groups is 2. The maximum absolute atomic E-state index is 12.7. The molecular formula is C29H36F6N6O2. The van der Waals surface area contributed by atoms with Gasteiger partial charge in [0.2, 0.25) is 0 Å². The van der Waals surface area contributed by atoms with Gasteiger partial charge in [0.15, 0.2) is 0 Å². The summed E-state index contributed by atoms with van der Waals surface area (Å²) in [5, 5.41) is 5.72. The summed E-state index contributed by atoms with van der Waals surface area (Å²) in [6, 6.07) is 9.86. The number of amides is 4. The first-order chi connectivity index (χ1) is 20.4. The van der Waals surface area contributed by atoms with Crippen molar-refractivity contribution < 1.29 is 35.9 Å². The van der Waals surface area contributed by atoms with Gasteiger partial charge >= 0.3 is 24.4 Å². The highest BCUT2D eigenvalue weighted by atomic mass is 19.4. The van der Waals surface area contributed by atoms with Crippen LogP contribution in [0.2, 0.25) is 0 Å². The SMILES string of the molecule is O=C(NCCCNC(=O)N1CCN(Cc2ccc(C(F)(F)F)cc2)CC1)N1CCN(Cc2ccc(C(F)(F)F)cc2)CC1. The summed E-state index contributed by atoms with van der Waals surface area (Å²) in [6.45, 7) is 6.30. The van der Waals surface area contributed by atoms with Crippen LogP contribution in [0.25, 0.3) is 0 Å². The van der Waals surface area contributed by atoms with Crippen molar-refractivity contribution >= 4 is 12.1 Å². The van der Waals surface area contributed by atoms with Gasteiger partial charge in [-0.05, 0) is 41.8 Å². The predicted molar refractivity (Wildman–Crippen MR) is 148 cm³/mol. The van der Waals surface area contributed by atoms with E-state index in [1.54, 1.807) is 9.80 Å². The molecule has 0 bridgehead atoms. The Labute approximate surface area is 246 Å². The van der Waals surface area contributed by atoms with Crippen LogP contribution >= 0.6 is 0 Å². The van der Waals surface area contributed by atoms with Crippen LogP contribution in [0.1, 0.15) is 28.7 Å². The average molecular weight is 615 g/mol. The van der Waals surface area contributed by atoms with Crippen molar-refractivity contribution in [2.45, 2.75) is 31.9 Å². The maximum atomic E-state index is 12.7. The Kier molecular flexibility index (Phi) is 10.8. The fourth-order valence-electron chi connectivity index (χ4n) is 5.04. The number of hydrogen-bond acceptors (Lipinski definition) is 4. The molecule has 2 saturated heterocycles.